The zero-order chi connectivity index (χ0) is 39.6. The van der Waals surface area contributed by atoms with E-state index in [-0.39, 0.29) is 82.0 Å². The van der Waals surface area contributed by atoms with Crippen LogP contribution in [-0.2, 0) is 14.3 Å². The van der Waals surface area contributed by atoms with Crippen molar-refractivity contribution < 1.29 is 44.3 Å². The number of hydrogen-bond donors (Lipinski definition) is 4. The van der Waals surface area contributed by atoms with Gasteiger partial charge in [0.05, 0.1) is 49.7 Å². The van der Waals surface area contributed by atoms with Crippen molar-refractivity contribution in [1.29, 1.82) is 5.26 Å². The Bertz CT molecular complexity index is 1710. The van der Waals surface area contributed by atoms with E-state index in [0.717, 1.165) is 36.8 Å². The number of amides is 1. The second-order valence-electron chi connectivity index (χ2n) is 15.5. The molecule has 4 N–H and O–H groups in total. The quantitative estimate of drug-likeness (QED) is 0.0773. The zero-order valence-electron chi connectivity index (χ0n) is 32.4. The van der Waals surface area contributed by atoms with Crippen LogP contribution in [0.4, 0.5) is 0 Å². The topological polar surface area (TPSA) is 174 Å². The number of oxime groups is 1. The fourth-order valence-electron chi connectivity index (χ4n) is 8.43. The minimum Gasteiger partial charge on any atom is -0.508 e. The Labute approximate surface area is 324 Å². The number of phenolic OH excluding ortho intramolecular Hbond substituents is 1. The molecule has 12 heteroatoms. The first-order valence-electron chi connectivity index (χ1n) is 19.5. The van der Waals surface area contributed by atoms with E-state index in [1.54, 1.807) is 53.4 Å². The minimum atomic E-state index is -1.49. The number of nitrogens with zero attached hydrogens (tertiary/aromatic N) is 3. The molecule has 0 saturated heterocycles. The SMILES string of the molecule is C=CCO[C@@]12Oc3ccc(O)cc3[C@H]3[C@H](CCCCO)[C@@H](CCCCO)C=C(C(=NOC(C)(C)C)C[C@@H]1N(CCOCCO)C(=O)c1ccc(C#N)cc1)[C@H]32. The van der Waals surface area contributed by atoms with Gasteiger partial charge in [-0.2, -0.15) is 5.26 Å². The number of fused-ring (bicyclic) bond motifs is 2. The van der Waals surface area contributed by atoms with Crippen LogP contribution in [0.5, 0.6) is 11.5 Å². The summed E-state index contributed by atoms with van der Waals surface area (Å²) in [6.07, 6.45) is 8.53. The molecular weight excluding hydrogens is 702 g/mol. The van der Waals surface area contributed by atoms with Crippen molar-refractivity contribution in [3.63, 3.8) is 0 Å². The number of nitriles is 1. The van der Waals surface area contributed by atoms with E-state index in [1.165, 1.54) is 0 Å². The molecule has 3 aliphatic rings. The number of aliphatic hydroxyl groups is 3. The number of phenols is 1. The molecule has 12 nitrogen and oxygen atoms in total. The van der Waals surface area contributed by atoms with Crippen LogP contribution in [0.3, 0.4) is 0 Å². The molecule has 0 bridgehead atoms. The van der Waals surface area contributed by atoms with Crippen molar-refractivity contribution in [2.75, 3.05) is 46.2 Å². The molecule has 0 spiro atoms. The van der Waals surface area contributed by atoms with E-state index in [4.69, 9.17) is 24.2 Å². The second-order valence-corrected chi connectivity index (χ2v) is 15.5. The van der Waals surface area contributed by atoms with E-state index in [2.05, 4.69) is 18.7 Å². The molecule has 0 unspecified atom stereocenters. The first kappa shape index (κ1) is 41.9. The van der Waals surface area contributed by atoms with Gasteiger partial charge in [0.25, 0.3) is 5.91 Å². The Kier molecular flexibility index (Phi) is 14.5. The third-order valence-corrected chi connectivity index (χ3v) is 10.7. The zero-order valence-corrected chi connectivity index (χ0v) is 32.4. The first-order chi connectivity index (χ1) is 26.5. The van der Waals surface area contributed by atoms with Gasteiger partial charge in [-0.1, -0.05) is 30.1 Å². The van der Waals surface area contributed by atoms with Crippen molar-refractivity contribution in [1.82, 2.24) is 4.90 Å². The molecule has 1 saturated carbocycles. The number of carbonyl (C=O) groups is 1. The molecule has 0 radical (unpaired) electrons. The Morgan fingerprint density at radius 1 is 1.05 bits per heavy atom. The molecule has 55 heavy (non-hydrogen) atoms. The predicted molar refractivity (Wildman–Crippen MR) is 208 cm³/mol. The first-order valence-corrected chi connectivity index (χ1v) is 19.5. The van der Waals surface area contributed by atoms with Gasteiger partial charge in [-0.25, -0.2) is 0 Å². The lowest BCUT2D eigenvalue weighted by Crippen LogP contribution is -2.70. The number of rotatable bonds is 19. The van der Waals surface area contributed by atoms with E-state index >= 15 is 0 Å². The van der Waals surface area contributed by atoms with Gasteiger partial charge in [-0.05, 0) is 106 Å². The van der Waals surface area contributed by atoms with Gasteiger partial charge in [0.1, 0.15) is 23.1 Å². The molecule has 6 atom stereocenters. The summed E-state index contributed by atoms with van der Waals surface area (Å²) in [6.45, 7) is 10.1. The van der Waals surface area contributed by atoms with Gasteiger partial charge in [0.2, 0.25) is 5.79 Å². The van der Waals surface area contributed by atoms with Crippen LogP contribution in [-0.4, -0.2) is 101 Å². The molecule has 1 fully saturated rings. The highest BCUT2D eigenvalue weighted by atomic mass is 16.7. The summed E-state index contributed by atoms with van der Waals surface area (Å²) in [7, 11) is 0. The van der Waals surface area contributed by atoms with Gasteiger partial charge in [0, 0.05) is 43.2 Å². The Balaban J connectivity index is 1.79. The Morgan fingerprint density at radius 3 is 2.44 bits per heavy atom. The van der Waals surface area contributed by atoms with Crippen LogP contribution in [0, 0.1) is 29.1 Å². The lowest BCUT2D eigenvalue weighted by atomic mass is 9.55. The lowest BCUT2D eigenvalue weighted by molar-refractivity contribution is -0.254. The highest BCUT2D eigenvalue weighted by Crippen LogP contribution is 2.62. The fourth-order valence-corrected chi connectivity index (χ4v) is 8.43. The molecule has 1 heterocycles. The number of allylic oxidation sites excluding steroid dienone is 1. The van der Waals surface area contributed by atoms with Gasteiger partial charge in [-0.3, -0.25) is 4.79 Å². The predicted octanol–water partition coefficient (Wildman–Crippen LogP) is 5.85. The van der Waals surface area contributed by atoms with Crippen LogP contribution in [0.2, 0.25) is 0 Å². The number of hydrogen-bond acceptors (Lipinski definition) is 11. The normalized spacial score (nSPS) is 24.9. The highest BCUT2D eigenvalue weighted by molar-refractivity contribution is 6.03. The van der Waals surface area contributed by atoms with E-state index in [0.29, 0.717) is 35.4 Å². The maximum Gasteiger partial charge on any atom is 0.254 e. The van der Waals surface area contributed by atoms with Crippen LogP contribution in [0.25, 0.3) is 0 Å². The summed E-state index contributed by atoms with van der Waals surface area (Å²) >= 11 is 0. The number of aromatic hydroxyl groups is 1. The number of benzene rings is 2. The molecule has 298 valence electrons. The lowest BCUT2D eigenvalue weighted by Gasteiger charge is -2.60. The van der Waals surface area contributed by atoms with Gasteiger partial charge in [0.15, 0.2) is 0 Å². The van der Waals surface area contributed by atoms with Crippen molar-refractivity contribution in [2.24, 2.45) is 22.9 Å². The highest BCUT2D eigenvalue weighted by Gasteiger charge is 2.65. The average molecular weight is 760 g/mol. The third-order valence-electron chi connectivity index (χ3n) is 10.7. The van der Waals surface area contributed by atoms with Crippen molar-refractivity contribution in [3.05, 3.63) is 83.5 Å². The summed E-state index contributed by atoms with van der Waals surface area (Å²) < 4.78 is 19.9. The monoisotopic (exact) mass is 759 g/mol. The molecule has 2 aliphatic carbocycles. The van der Waals surface area contributed by atoms with Crippen molar-refractivity contribution in [3.8, 4) is 17.6 Å². The molecule has 1 aliphatic heterocycles. The maximum absolute atomic E-state index is 14.8. The summed E-state index contributed by atoms with van der Waals surface area (Å²) in [5.41, 5.74) is 2.51. The molecular formula is C43H57N3O9. The summed E-state index contributed by atoms with van der Waals surface area (Å²) in [5.74, 6) is -1.95. The second kappa shape index (κ2) is 19.1. The van der Waals surface area contributed by atoms with Crippen LogP contribution in [0.1, 0.15) is 93.1 Å². The molecule has 2 aromatic rings. The van der Waals surface area contributed by atoms with E-state index < -0.39 is 23.3 Å². The molecule has 0 aromatic heterocycles. The smallest absolute Gasteiger partial charge is 0.254 e. The maximum atomic E-state index is 14.8. The van der Waals surface area contributed by atoms with E-state index in [1.807, 2.05) is 20.8 Å². The summed E-state index contributed by atoms with van der Waals surface area (Å²) in [5, 5.41) is 54.3. The Morgan fingerprint density at radius 2 is 1.78 bits per heavy atom. The molecule has 2 aromatic carbocycles. The number of unbranched alkanes of at least 4 members (excludes halogenated alkanes) is 2. The average Bonchev–Trinajstić information content (AvgIpc) is 3.17. The van der Waals surface area contributed by atoms with Gasteiger partial charge < -0.3 is 44.4 Å². The summed E-state index contributed by atoms with van der Waals surface area (Å²) in [4.78, 5) is 22.7. The van der Waals surface area contributed by atoms with Crippen LogP contribution >= 0.6 is 0 Å². The van der Waals surface area contributed by atoms with E-state index in [9.17, 15) is 30.5 Å². The van der Waals surface area contributed by atoms with Gasteiger partial charge >= 0.3 is 0 Å². The van der Waals surface area contributed by atoms with Crippen LogP contribution < -0.4 is 4.74 Å². The fraction of sp³-hybridized carbons (Fsp3) is 0.558. The summed E-state index contributed by atoms with van der Waals surface area (Å²) in [6, 6.07) is 12.9. The molecule has 5 rings (SSSR count). The van der Waals surface area contributed by atoms with Crippen LogP contribution in [0.15, 0.2) is 71.9 Å². The molecule has 1 amide bonds. The minimum absolute atomic E-state index is 0.00856. The standard InChI is InChI=1S/C43H57N3O9/c1-5-22-53-43-38(46(18-23-52-24-21-49)41(51)30-14-12-29(28-44)13-15-30)27-36(45-55-42(2,3)4)34-25-31(10-6-8-19-47)33(11-7-9-20-48)39(40(34)43)35-26-32(50)16-17-37(35)54-43/h5,12-17,25-26,31,33,38-40,47-50H,1,6-11,18-24,27H2,2-4H3/t31-,33+,38-,39+,40+,43+/m0/s1. The van der Waals surface area contributed by atoms with Crippen molar-refractivity contribution in [2.45, 2.75) is 89.1 Å². The largest absolute Gasteiger partial charge is 0.508 e. The Hall–Kier alpha value is -4.25. The van der Waals surface area contributed by atoms with Gasteiger partial charge in [-0.15, -0.1) is 6.58 Å². The van der Waals surface area contributed by atoms with Crippen molar-refractivity contribution >= 4 is 11.6 Å². The number of aliphatic hydroxyl groups excluding tert-OH is 3. The third kappa shape index (κ3) is 9.59. The number of ether oxygens (including phenoxy) is 3. The number of carbonyl (C=O) groups excluding carboxylic acids is 1.